The molecule has 2 aromatic heterocycles. The maximum atomic E-state index is 13.6. The van der Waals surface area contributed by atoms with Gasteiger partial charge in [0, 0.05) is 17.3 Å². The standard InChI is InChI=1S/C16H15FN4O/c1-9-4-5-12(8-13(9)17)16-20-15(22-21-16)7-6-14-18-10(2)11(3)19-14/h4-8H,1-3H3,(H,18,19)/b7-6+. The van der Waals surface area contributed by atoms with Crippen LogP contribution in [0.1, 0.15) is 28.7 Å². The minimum absolute atomic E-state index is 0.291. The van der Waals surface area contributed by atoms with Gasteiger partial charge in [-0.15, -0.1) is 0 Å². The highest BCUT2D eigenvalue weighted by Crippen LogP contribution is 2.19. The van der Waals surface area contributed by atoms with Crippen LogP contribution in [0.15, 0.2) is 22.7 Å². The van der Waals surface area contributed by atoms with Crippen molar-refractivity contribution >= 4 is 12.2 Å². The van der Waals surface area contributed by atoms with E-state index in [1.54, 1.807) is 31.2 Å². The lowest BCUT2D eigenvalue weighted by atomic mass is 10.1. The van der Waals surface area contributed by atoms with Crippen molar-refractivity contribution in [3.63, 3.8) is 0 Å². The number of benzene rings is 1. The third-order valence-electron chi connectivity index (χ3n) is 3.40. The summed E-state index contributed by atoms with van der Waals surface area (Å²) in [6.07, 6.45) is 3.42. The van der Waals surface area contributed by atoms with Crippen molar-refractivity contribution in [2.75, 3.05) is 0 Å². The van der Waals surface area contributed by atoms with E-state index in [1.165, 1.54) is 6.07 Å². The first kappa shape index (κ1) is 14.2. The summed E-state index contributed by atoms with van der Waals surface area (Å²) in [7, 11) is 0. The molecule has 0 spiro atoms. The maximum Gasteiger partial charge on any atom is 0.251 e. The Morgan fingerprint density at radius 3 is 2.64 bits per heavy atom. The van der Waals surface area contributed by atoms with Gasteiger partial charge in [-0.05, 0) is 38.5 Å². The van der Waals surface area contributed by atoms with Gasteiger partial charge < -0.3 is 9.51 Å². The minimum Gasteiger partial charge on any atom is -0.342 e. The molecule has 0 radical (unpaired) electrons. The summed E-state index contributed by atoms with van der Waals surface area (Å²) in [5.41, 5.74) is 3.12. The molecule has 0 atom stereocenters. The first-order chi connectivity index (χ1) is 10.5. The summed E-state index contributed by atoms with van der Waals surface area (Å²) in [5, 5.41) is 3.86. The highest BCUT2D eigenvalue weighted by Gasteiger charge is 2.09. The van der Waals surface area contributed by atoms with Crippen LogP contribution in [0.4, 0.5) is 4.39 Å². The fraction of sp³-hybridized carbons (Fsp3) is 0.188. The maximum absolute atomic E-state index is 13.6. The molecule has 112 valence electrons. The molecule has 3 rings (SSSR count). The average molecular weight is 298 g/mol. The fourth-order valence-corrected chi connectivity index (χ4v) is 1.96. The van der Waals surface area contributed by atoms with Gasteiger partial charge in [-0.1, -0.05) is 17.3 Å². The molecule has 0 aliphatic carbocycles. The van der Waals surface area contributed by atoms with E-state index in [-0.39, 0.29) is 5.82 Å². The number of hydrogen-bond acceptors (Lipinski definition) is 4. The lowest BCUT2D eigenvalue weighted by Gasteiger charge is -1.97. The van der Waals surface area contributed by atoms with Crippen LogP contribution in [0.5, 0.6) is 0 Å². The molecule has 1 N–H and O–H groups in total. The second-order valence-corrected chi connectivity index (χ2v) is 5.09. The number of imidazole rings is 1. The highest BCUT2D eigenvalue weighted by molar-refractivity contribution is 5.64. The minimum atomic E-state index is -0.291. The third-order valence-corrected chi connectivity index (χ3v) is 3.40. The Kier molecular flexibility index (Phi) is 3.58. The van der Waals surface area contributed by atoms with Crippen LogP contribution >= 0.6 is 0 Å². The monoisotopic (exact) mass is 298 g/mol. The molecule has 0 fully saturated rings. The van der Waals surface area contributed by atoms with E-state index in [2.05, 4.69) is 20.1 Å². The molecular formula is C16H15FN4O. The summed E-state index contributed by atoms with van der Waals surface area (Å²) >= 11 is 0. The lowest BCUT2D eigenvalue weighted by molar-refractivity contribution is 0.411. The lowest BCUT2D eigenvalue weighted by Crippen LogP contribution is -1.86. The quantitative estimate of drug-likeness (QED) is 0.800. The molecule has 5 nitrogen and oxygen atoms in total. The zero-order chi connectivity index (χ0) is 15.7. The molecule has 1 aromatic carbocycles. The van der Waals surface area contributed by atoms with E-state index in [9.17, 15) is 4.39 Å². The largest absolute Gasteiger partial charge is 0.342 e. The Labute approximate surface area is 126 Å². The van der Waals surface area contributed by atoms with Crippen LogP contribution in [-0.4, -0.2) is 20.1 Å². The molecule has 0 saturated heterocycles. The Morgan fingerprint density at radius 1 is 1.14 bits per heavy atom. The number of H-pyrrole nitrogens is 1. The molecule has 0 bridgehead atoms. The van der Waals surface area contributed by atoms with Crippen LogP contribution in [-0.2, 0) is 0 Å². The summed E-state index contributed by atoms with van der Waals surface area (Å²) in [6.45, 7) is 5.59. The number of aromatic amines is 1. The van der Waals surface area contributed by atoms with Gasteiger partial charge in [0.1, 0.15) is 11.6 Å². The van der Waals surface area contributed by atoms with E-state index >= 15 is 0 Å². The SMILES string of the molecule is Cc1ccc(-c2noc(/C=C/c3nc(C)c(C)[nH]3)n2)cc1F. The Hall–Kier alpha value is -2.76. The Morgan fingerprint density at radius 2 is 1.95 bits per heavy atom. The number of hydrogen-bond donors (Lipinski definition) is 1. The molecule has 2 heterocycles. The van der Waals surface area contributed by atoms with E-state index in [1.807, 2.05) is 13.8 Å². The predicted molar refractivity (Wildman–Crippen MR) is 81.4 cm³/mol. The molecule has 6 heteroatoms. The van der Waals surface area contributed by atoms with Crippen molar-refractivity contribution in [2.24, 2.45) is 0 Å². The van der Waals surface area contributed by atoms with Crippen molar-refractivity contribution in [3.8, 4) is 11.4 Å². The summed E-state index contributed by atoms with van der Waals surface area (Å²) in [5.74, 6) is 1.12. The van der Waals surface area contributed by atoms with Gasteiger partial charge in [-0.2, -0.15) is 4.98 Å². The molecule has 3 aromatic rings. The molecular weight excluding hydrogens is 283 g/mol. The van der Waals surface area contributed by atoms with E-state index < -0.39 is 0 Å². The number of nitrogens with one attached hydrogen (secondary N) is 1. The number of nitrogens with zero attached hydrogens (tertiary/aromatic N) is 3. The molecule has 0 aliphatic rings. The van der Waals surface area contributed by atoms with Crippen LogP contribution in [0, 0.1) is 26.6 Å². The van der Waals surface area contributed by atoms with Crippen molar-refractivity contribution in [2.45, 2.75) is 20.8 Å². The van der Waals surface area contributed by atoms with Crippen LogP contribution in [0.2, 0.25) is 0 Å². The van der Waals surface area contributed by atoms with Crippen LogP contribution < -0.4 is 0 Å². The van der Waals surface area contributed by atoms with Gasteiger partial charge in [0.2, 0.25) is 5.82 Å². The number of aromatic nitrogens is 4. The summed E-state index contributed by atoms with van der Waals surface area (Å²) < 4.78 is 18.7. The van der Waals surface area contributed by atoms with Crippen LogP contribution in [0.3, 0.4) is 0 Å². The summed E-state index contributed by atoms with van der Waals surface area (Å²) in [4.78, 5) is 11.7. The van der Waals surface area contributed by atoms with Gasteiger partial charge >= 0.3 is 0 Å². The molecule has 0 amide bonds. The van der Waals surface area contributed by atoms with E-state index in [0.29, 0.717) is 22.8 Å². The molecule has 0 saturated carbocycles. The van der Waals surface area contributed by atoms with Gasteiger partial charge in [-0.25, -0.2) is 9.37 Å². The number of rotatable bonds is 3. The second-order valence-electron chi connectivity index (χ2n) is 5.09. The Bertz CT molecular complexity index is 828. The number of aryl methyl sites for hydroxylation is 3. The Balaban J connectivity index is 1.82. The second kappa shape index (κ2) is 5.55. The van der Waals surface area contributed by atoms with Gasteiger partial charge in [0.25, 0.3) is 5.89 Å². The molecule has 0 aliphatic heterocycles. The van der Waals surface area contributed by atoms with Crippen molar-refractivity contribution < 1.29 is 8.91 Å². The average Bonchev–Trinajstić information content (AvgIpc) is 3.07. The number of halogens is 1. The third kappa shape index (κ3) is 2.81. The zero-order valence-corrected chi connectivity index (χ0v) is 12.5. The van der Waals surface area contributed by atoms with Crippen molar-refractivity contribution in [3.05, 3.63) is 52.7 Å². The smallest absolute Gasteiger partial charge is 0.251 e. The van der Waals surface area contributed by atoms with Gasteiger partial charge in [0.05, 0.1) is 5.69 Å². The summed E-state index contributed by atoms with van der Waals surface area (Å²) in [6, 6.07) is 4.84. The highest BCUT2D eigenvalue weighted by atomic mass is 19.1. The fourth-order valence-electron chi connectivity index (χ4n) is 1.96. The molecule has 22 heavy (non-hydrogen) atoms. The van der Waals surface area contributed by atoms with E-state index in [0.717, 1.165) is 17.2 Å². The first-order valence-electron chi connectivity index (χ1n) is 6.84. The zero-order valence-electron chi connectivity index (χ0n) is 12.5. The van der Waals surface area contributed by atoms with Crippen molar-refractivity contribution in [1.29, 1.82) is 0 Å². The van der Waals surface area contributed by atoms with Gasteiger partial charge in [0.15, 0.2) is 0 Å². The topological polar surface area (TPSA) is 67.6 Å². The van der Waals surface area contributed by atoms with Crippen LogP contribution in [0.25, 0.3) is 23.5 Å². The first-order valence-corrected chi connectivity index (χ1v) is 6.84. The van der Waals surface area contributed by atoms with Gasteiger partial charge in [-0.3, -0.25) is 0 Å². The van der Waals surface area contributed by atoms with Crippen molar-refractivity contribution in [1.82, 2.24) is 20.1 Å². The molecule has 0 unspecified atom stereocenters. The van der Waals surface area contributed by atoms with E-state index in [4.69, 9.17) is 4.52 Å². The predicted octanol–water partition coefficient (Wildman–Crippen LogP) is 3.69. The normalized spacial score (nSPS) is 11.5.